The van der Waals surface area contributed by atoms with E-state index in [-0.39, 0.29) is 12.5 Å². The van der Waals surface area contributed by atoms with E-state index in [0.717, 1.165) is 15.9 Å². The average molecular weight is 364 g/mol. The van der Waals surface area contributed by atoms with Crippen LogP contribution in [0.3, 0.4) is 0 Å². The van der Waals surface area contributed by atoms with Gasteiger partial charge in [0.25, 0.3) is 5.91 Å². The Labute approximate surface area is 125 Å². The van der Waals surface area contributed by atoms with Crippen molar-refractivity contribution in [2.75, 3.05) is 0 Å². The number of thiophene rings is 1. The number of alkyl halides is 3. The van der Waals surface area contributed by atoms with Crippen LogP contribution in [0.1, 0.15) is 20.8 Å². The summed E-state index contributed by atoms with van der Waals surface area (Å²) in [5.74, 6) is -0.249. The number of carbonyl (C=O) groups excluding carboxylic acids is 1. The maximum absolute atomic E-state index is 12.4. The fourth-order valence-electron chi connectivity index (χ4n) is 1.52. The first-order chi connectivity index (χ1) is 9.36. The van der Waals surface area contributed by atoms with Crippen molar-refractivity contribution in [3.63, 3.8) is 0 Å². The Kier molecular flexibility index (Phi) is 4.49. The molecule has 106 valence electrons. The Morgan fingerprint density at radius 1 is 1.15 bits per heavy atom. The standard InChI is InChI=1S/C13H9BrF3NOS/c14-11-6-5-10(20-11)12(19)18-7-8-1-3-9(4-2-8)13(15,16)17/h1-6H,7H2,(H,18,19). The molecule has 0 radical (unpaired) electrons. The topological polar surface area (TPSA) is 29.1 Å². The molecule has 1 aromatic heterocycles. The van der Waals surface area contributed by atoms with Gasteiger partial charge < -0.3 is 5.32 Å². The quantitative estimate of drug-likeness (QED) is 0.856. The van der Waals surface area contributed by atoms with Gasteiger partial charge in [-0.2, -0.15) is 13.2 Å². The van der Waals surface area contributed by atoms with Gasteiger partial charge >= 0.3 is 6.18 Å². The van der Waals surface area contributed by atoms with Gasteiger partial charge in [0.15, 0.2) is 0 Å². The SMILES string of the molecule is O=C(NCc1ccc(C(F)(F)F)cc1)c1ccc(Br)s1. The van der Waals surface area contributed by atoms with Crippen LogP contribution in [0, 0.1) is 0 Å². The molecule has 0 fully saturated rings. The summed E-state index contributed by atoms with van der Waals surface area (Å²) in [7, 11) is 0. The minimum absolute atomic E-state index is 0.187. The van der Waals surface area contributed by atoms with Crippen LogP contribution < -0.4 is 5.32 Å². The fraction of sp³-hybridized carbons (Fsp3) is 0.154. The number of halogens is 4. The molecule has 0 aliphatic heterocycles. The third-order valence-corrected chi connectivity index (χ3v) is 4.15. The molecule has 2 rings (SSSR count). The first kappa shape index (κ1) is 15.1. The van der Waals surface area contributed by atoms with Gasteiger partial charge in [-0.3, -0.25) is 4.79 Å². The first-order valence-electron chi connectivity index (χ1n) is 5.56. The molecular formula is C13H9BrF3NOS. The summed E-state index contributed by atoms with van der Waals surface area (Å²) < 4.78 is 38.0. The van der Waals surface area contributed by atoms with Crippen LogP contribution in [0.25, 0.3) is 0 Å². The Morgan fingerprint density at radius 3 is 2.30 bits per heavy atom. The van der Waals surface area contributed by atoms with E-state index in [0.29, 0.717) is 10.4 Å². The highest BCUT2D eigenvalue weighted by Crippen LogP contribution is 2.29. The summed E-state index contributed by atoms with van der Waals surface area (Å²) in [5, 5.41) is 2.66. The maximum atomic E-state index is 12.4. The predicted octanol–water partition coefficient (Wildman–Crippen LogP) is 4.46. The van der Waals surface area contributed by atoms with E-state index in [1.807, 2.05) is 0 Å². The fourth-order valence-corrected chi connectivity index (χ4v) is 2.82. The van der Waals surface area contributed by atoms with Gasteiger partial charge in [-0.15, -0.1) is 11.3 Å². The zero-order valence-corrected chi connectivity index (χ0v) is 12.4. The van der Waals surface area contributed by atoms with Gasteiger partial charge in [-0.05, 0) is 45.8 Å². The smallest absolute Gasteiger partial charge is 0.347 e. The lowest BCUT2D eigenvalue weighted by Crippen LogP contribution is -2.21. The number of rotatable bonds is 3. The van der Waals surface area contributed by atoms with Crippen molar-refractivity contribution < 1.29 is 18.0 Å². The number of benzene rings is 1. The van der Waals surface area contributed by atoms with Gasteiger partial charge in [-0.25, -0.2) is 0 Å². The minimum atomic E-state index is -4.34. The number of nitrogens with one attached hydrogen (secondary N) is 1. The van der Waals surface area contributed by atoms with Crippen LogP contribution >= 0.6 is 27.3 Å². The van der Waals surface area contributed by atoms with Crippen molar-refractivity contribution in [2.45, 2.75) is 12.7 Å². The minimum Gasteiger partial charge on any atom is -0.347 e. The van der Waals surface area contributed by atoms with E-state index in [1.54, 1.807) is 12.1 Å². The lowest BCUT2D eigenvalue weighted by Gasteiger charge is -2.08. The largest absolute Gasteiger partial charge is 0.416 e. The van der Waals surface area contributed by atoms with E-state index in [2.05, 4.69) is 21.2 Å². The molecule has 1 N–H and O–H groups in total. The molecule has 2 aromatic rings. The molecule has 0 aliphatic rings. The van der Waals surface area contributed by atoms with E-state index >= 15 is 0 Å². The summed E-state index contributed by atoms with van der Waals surface area (Å²) in [4.78, 5) is 12.3. The molecule has 0 bridgehead atoms. The highest BCUT2D eigenvalue weighted by Gasteiger charge is 2.29. The van der Waals surface area contributed by atoms with Crippen LogP contribution in [0.4, 0.5) is 13.2 Å². The zero-order valence-electron chi connectivity index (χ0n) is 10.00. The first-order valence-corrected chi connectivity index (χ1v) is 7.17. The molecule has 0 atom stereocenters. The third kappa shape index (κ3) is 3.83. The molecule has 1 aromatic carbocycles. The molecule has 0 saturated heterocycles. The number of amides is 1. The number of carbonyl (C=O) groups is 1. The molecule has 0 aliphatic carbocycles. The average Bonchev–Trinajstić information content (AvgIpc) is 2.82. The summed E-state index contributed by atoms with van der Waals surface area (Å²) >= 11 is 4.55. The lowest BCUT2D eigenvalue weighted by atomic mass is 10.1. The zero-order chi connectivity index (χ0) is 14.8. The molecular weight excluding hydrogens is 355 g/mol. The van der Waals surface area contributed by atoms with Crippen LogP contribution in [0.2, 0.25) is 0 Å². The molecule has 1 amide bonds. The van der Waals surface area contributed by atoms with Crippen molar-refractivity contribution in [2.24, 2.45) is 0 Å². The van der Waals surface area contributed by atoms with Crippen LogP contribution in [0.15, 0.2) is 40.2 Å². The molecule has 0 saturated carbocycles. The molecule has 20 heavy (non-hydrogen) atoms. The summed E-state index contributed by atoms with van der Waals surface area (Å²) in [6, 6.07) is 8.15. The lowest BCUT2D eigenvalue weighted by molar-refractivity contribution is -0.137. The maximum Gasteiger partial charge on any atom is 0.416 e. The van der Waals surface area contributed by atoms with Gasteiger partial charge in [0.2, 0.25) is 0 Å². The third-order valence-electron chi connectivity index (χ3n) is 2.53. The second-order valence-corrected chi connectivity index (χ2v) is 6.44. The van der Waals surface area contributed by atoms with E-state index < -0.39 is 11.7 Å². The second-order valence-electron chi connectivity index (χ2n) is 3.98. The Bertz CT molecular complexity index is 607. The summed E-state index contributed by atoms with van der Waals surface area (Å²) in [6.45, 7) is 0.187. The van der Waals surface area contributed by atoms with E-state index in [1.165, 1.54) is 23.5 Å². The van der Waals surface area contributed by atoms with Crippen molar-refractivity contribution in [3.05, 3.63) is 56.2 Å². The number of hydrogen-bond acceptors (Lipinski definition) is 2. The highest BCUT2D eigenvalue weighted by molar-refractivity contribution is 9.11. The predicted molar refractivity (Wildman–Crippen MR) is 74.6 cm³/mol. The van der Waals surface area contributed by atoms with Gasteiger partial charge in [0.1, 0.15) is 0 Å². The van der Waals surface area contributed by atoms with Crippen LogP contribution in [-0.2, 0) is 12.7 Å². The Balaban J connectivity index is 1.96. The monoisotopic (exact) mass is 363 g/mol. The number of hydrogen-bond donors (Lipinski definition) is 1. The normalized spacial score (nSPS) is 11.4. The van der Waals surface area contributed by atoms with Crippen molar-refractivity contribution >= 4 is 33.2 Å². The van der Waals surface area contributed by atoms with E-state index in [4.69, 9.17) is 0 Å². The van der Waals surface area contributed by atoms with Crippen molar-refractivity contribution in [1.29, 1.82) is 0 Å². The second kappa shape index (κ2) is 5.97. The molecule has 0 spiro atoms. The molecule has 2 nitrogen and oxygen atoms in total. The molecule has 0 unspecified atom stereocenters. The van der Waals surface area contributed by atoms with Crippen molar-refractivity contribution in [3.8, 4) is 0 Å². The van der Waals surface area contributed by atoms with E-state index in [9.17, 15) is 18.0 Å². The van der Waals surface area contributed by atoms with Gasteiger partial charge in [0.05, 0.1) is 14.2 Å². The van der Waals surface area contributed by atoms with Gasteiger partial charge in [-0.1, -0.05) is 12.1 Å². The van der Waals surface area contributed by atoms with Crippen LogP contribution in [-0.4, -0.2) is 5.91 Å². The summed E-state index contributed by atoms with van der Waals surface area (Å²) in [5.41, 5.74) is -0.0864. The molecule has 1 heterocycles. The van der Waals surface area contributed by atoms with Crippen molar-refractivity contribution in [1.82, 2.24) is 5.32 Å². The highest BCUT2D eigenvalue weighted by atomic mass is 79.9. The Hall–Kier alpha value is -1.34. The van der Waals surface area contributed by atoms with Crippen LogP contribution in [0.5, 0.6) is 0 Å². The molecule has 7 heteroatoms. The summed E-state index contributed by atoms with van der Waals surface area (Å²) in [6.07, 6.45) is -4.34. The van der Waals surface area contributed by atoms with Gasteiger partial charge in [0, 0.05) is 6.54 Å². The Morgan fingerprint density at radius 2 is 1.80 bits per heavy atom.